The van der Waals surface area contributed by atoms with Crippen molar-refractivity contribution in [1.82, 2.24) is 9.97 Å². The molecule has 0 aliphatic rings. The number of nitrogens with two attached hydrogens (primary N) is 2. The number of aromatic nitrogens is 2. The minimum Gasteiger partial charge on any atom is -0.508 e. The number of nitrogens with zero attached hydrogens (tertiary/aromatic N) is 2. The van der Waals surface area contributed by atoms with E-state index in [4.69, 9.17) is 16.6 Å². The van der Waals surface area contributed by atoms with Crippen LogP contribution in [0.15, 0.2) is 34.1 Å². The number of H-pyrrole nitrogens is 1. The van der Waals surface area contributed by atoms with Gasteiger partial charge < -0.3 is 16.6 Å². The Bertz CT molecular complexity index is 645. The zero-order chi connectivity index (χ0) is 13.1. The number of benzene rings is 1. The van der Waals surface area contributed by atoms with Gasteiger partial charge in [-0.25, -0.2) is 4.99 Å². The Morgan fingerprint density at radius 1 is 1.28 bits per heavy atom. The SMILES string of the molecule is Nc1nc(N)c(N=Cc2ccc(O)cc2)c(=O)[nH]1. The standard InChI is InChI=1S/C11H11N5O2/c12-9-8(10(18)16-11(13)15-9)14-5-6-1-3-7(17)4-2-6/h1-5,17H,(H5,12,13,15,16,18). The molecule has 7 nitrogen and oxygen atoms in total. The molecule has 0 fully saturated rings. The lowest BCUT2D eigenvalue weighted by molar-refractivity contribution is 0.475. The molecule has 0 amide bonds. The third-order valence-electron chi connectivity index (χ3n) is 2.18. The highest BCUT2D eigenvalue weighted by Crippen LogP contribution is 2.14. The summed E-state index contributed by atoms with van der Waals surface area (Å²) in [4.78, 5) is 21.5. The van der Waals surface area contributed by atoms with Gasteiger partial charge in [0.2, 0.25) is 5.95 Å². The van der Waals surface area contributed by atoms with E-state index in [1.54, 1.807) is 12.1 Å². The normalized spacial score (nSPS) is 10.9. The Hall–Kier alpha value is -2.83. The fraction of sp³-hybridized carbons (Fsp3) is 0. The van der Waals surface area contributed by atoms with Crippen LogP contribution in [0.3, 0.4) is 0 Å². The summed E-state index contributed by atoms with van der Waals surface area (Å²) in [6.45, 7) is 0. The second kappa shape index (κ2) is 4.58. The molecule has 18 heavy (non-hydrogen) atoms. The predicted molar refractivity (Wildman–Crippen MR) is 69.0 cm³/mol. The molecule has 2 aromatic rings. The number of anilines is 2. The maximum absolute atomic E-state index is 11.5. The first-order chi connectivity index (χ1) is 8.56. The Morgan fingerprint density at radius 3 is 2.56 bits per heavy atom. The minimum atomic E-state index is -0.505. The molecule has 1 aromatic heterocycles. The fourth-order valence-electron chi connectivity index (χ4n) is 1.33. The van der Waals surface area contributed by atoms with E-state index in [1.165, 1.54) is 18.3 Å². The average molecular weight is 245 g/mol. The second-order valence-electron chi connectivity index (χ2n) is 3.53. The summed E-state index contributed by atoms with van der Waals surface area (Å²) in [6, 6.07) is 6.31. The zero-order valence-corrected chi connectivity index (χ0v) is 9.29. The van der Waals surface area contributed by atoms with Crippen molar-refractivity contribution in [2.75, 3.05) is 11.5 Å². The van der Waals surface area contributed by atoms with Crippen LogP contribution in [0, 0.1) is 0 Å². The van der Waals surface area contributed by atoms with Crippen molar-refractivity contribution in [3.63, 3.8) is 0 Å². The molecule has 1 heterocycles. The fourth-order valence-corrected chi connectivity index (χ4v) is 1.33. The van der Waals surface area contributed by atoms with Crippen LogP contribution in [0.4, 0.5) is 17.5 Å². The molecular formula is C11H11N5O2. The Morgan fingerprint density at radius 2 is 1.94 bits per heavy atom. The summed E-state index contributed by atoms with van der Waals surface area (Å²) in [6.07, 6.45) is 1.44. The third-order valence-corrected chi connectivity index (χ3v) is 2.18. The molecule has 92 valence electrons. The largest absolute Gasteiger partial charge is 0.508 e. The molecule has 0 saturated carbocycles. The molecule has 0 unspecified atom stereocenters. The van der Waals surface area contributed by atoms with Crippen molar-refractivity contribution < 1.29 is 5.11 Å². The van der Waals surface area contributed by atoms with Gasteiger partial charge in [-0.15, -0.1) is 0 Å². The van der Waals surface area contributed by atoms with Crippen LogP contribution in [0.25, 0.3) is 0 Å². The maximum atomic E-state index is 11.5. The number of phenolic OH excluding ortho intramolecular Hbond substituents is 1. The number of aromatic amines is 1. The van der Waals surface area contributed by atoms with Crippen molar-refractivity contribution in [2.45, 2.75) is 0 Å². The van der Waals surface area contributed by atoms with Gasteiger partial charge in [0, 0.05) is 6.21 Å². The molecule has 0 atom stereocenters. The first-order valence-electron chi connectivity index (χ1n) is 5.04. The second-order valence-corrected chi connectivity index (χ2v) is 3.53. The number of aromatic hydroxyl groups is 1. The number of aliphatic imine (C=N–C) groups is 1. The molecule has 0 bridgehead atoms. The van der Waals surface area contributed by atoms with Crippen LogP contribution in [0.5, 0.6) is 5.75 Å². The van der Waals surface area contributed by atoms with E-state index in [1.807, 2.05) is 0 Å². The molecule has 0 radical (unpaired) electrons. The average Bonchev–Trinajstić information content (AvgIpc) is 2.30. The summed E-state index contributed by atoms with van der Waals surface area (Å²) < 4.78 is 0. The van der Waals surface area contributed by atoms with Crippen LogP contribution < -0.4 is 17.0 Å². The minimum absolute atomic E-state index is 0.00252. The van der Waals surface area contributed by atoms with E-state index < -0.39 is 5.56 Å². The van der Waals surface area contributed by atoms with Gasteiger partial charge in [-0.3, -0.25) is 9.78 Å². The van der Waals surface area contributed by atoms with Gasteiger partial charge in [-0.1, -0.05) is 0 Å². The van der Waals surface area contributed by atoms with E-state index >= 15 is 0 Å². The molecule has 6 N–H and O–H groups in total. The lowest BCUT2D eigenvalue weighted by Crippen LogP contribution is -2.13. The highest BCUT2D eigenvalue weighted by Gasteiger charge is 2.05. The Balaban J connectivity index is 2.35. The number of nitrogens with one attached hydrogen (secondary N) is 1. The van der Waals surface area contributed by atoms with Gasteiger partial charge in [0.1, 0.15) is 5.75 Å². The van der Waals surface area contributed by atoms with Gasteiger partial charge >= 0.3 is 0 Å². The summed E-state index contributed by atoms with van der Waals surface area (Å²) in [5.74, 6) is 0.0611. The van der Waals surface area contributed by atoms with Crippen LogP contribution in [-0.2, 0) is 0 Å². The summed E-state index contributed by atoms with van der Waals surface area (Å²) in [7, 11) is 0. The van der Waals surface area contributed by atoms with E-state index in [0.29, 0.717) is 5.56 Å². The molecule has 0 spiro atoms. The number of hydrogen-bond acceptors (Lipinski definition) is 6. The van der Waals surface area contributed by atoms with E-state index in [0.717, 1.165) is 0 Å². The van der Waals surface area contributed by atoms with Crippen LogP contribution in [0.1, 0.15) is 5.56 Å². The topological polar surface area (TPSA) is 130 Å². The van der Waals surface area contributed by atoms with Crippen molar-refractivity contribution in [2.24, 2.45) is 4.99 Å². The molecule has 2 rings (SSSR count). The van der Waals surface area contributed by atoms with Gasteiger partial charge in [-0.2, -0.15) is 4.98 Å². The molecule has 0 aliphatic carbocycles. The van der Waals surface area contributed by atoms with Crippen LogP contribution >= 0.6 is 0 Å². The van der Waals surface area contributed by atoms with Crippen molar-refractivity contribution in [1.29, 1.82) is 0 Å². The first kappa shape index (κ1) is 11.6. The summed E-state index contributed by atoms with van der Waals surface area (Å²) in [5.41, 5.74) is 11.1. The van der Waals surface area contributed by atoms with E-state index in [-0.39, 0.29) is 23.2 Å². The molecule has 0 saturated heterocycles. The summed E-state index contributed by atoms with van der Waals surface area (Å²) in [5, 5.41) is 9.12. The van der Waals surface area contributed by atoms with Crippen molar-refractivity contribution >= 4 is 23.7 Å². The van der Waals surface area contributed by atoms with Gasteiger partial charge in [0.25, 0.3) is 5.56 Å². The van der Waals surface area contributed by atoms with E-state index in [9.17, 15) is 4.79 Å². The highest BCUT2D eigenvalue weighted by molar-refractivity contribution is 5.83. The number of hydrogen-bond donors (Lipinski definition) is 4. The third kappa shape index (κ3) is 2.46. The zero-order valence-electron chi connectivity index (χ0n) is 9.29. The quantitative estimate of drug-likeness (QED) is 0.568. The van der Waals surface area contributed by atoms with Crippen molar-refractivity contribution in [3.8, 4) is 5.75 Å². The summed E-state index contributed by atoms with van der Waals surface area (Å²) >= 11 is 0. The van der Waals surface area contributed by atoms with Crippen LogP contribution in [-0.4, -0.2) is 21.3 Å². The molecule has 7 heteroatoms. The lowest BCUT2D eigenvalue weighted by Gasteiger charge is -1.99. The van der Waals surface area contributed by atoms with E-state index in [2.05, 4.69) is 15.0 Å². The smallest absolute Gasteiger partial charge is 0.280 e. The number of rotatable bonds is 2. The van der Waals surface area contributed by atoms with Crippen LogP contribution in [0.2, 0.25) is 0 Å². The molecular weight excluding hydrogens is 234 g/mol. The first-order valence-corrected chi connectivity index (χ1v) is 5.04. The van der Waals surface area contributed by atoms with Crippen molar-refractivity contribution in [3.05, 3.63) is 40.2 Å². The number of phenols is 1. The molecule has 1 aromatic carbocycles. The van der Waals surface area contributed by atoms with Gasteiger partial charge in [-0.05, 0) is 29.8 Å². The van der Waals surface area contributed by atoms with Gasteiger partial charge in [0.15, 0.2) is 11.5 Å². The van der Waals surface area contributed by atoms with Gasteiger partial charge in [0.05, 0.1) is 0 Å². The Labute approximate surface area is 102 Å². The maximum Gasteiger partial charge on any atom is 0.280 e. The lowest BCUT2D eigenvalue weighted by atomic mass is 10.2. The Kier molecular flexibility index (Phi) is 2.96. The monoisotopic (exact) mass is 245 g/mol. The predicted octanol–water partition coefficient (Wildman–Crippen LogP) is 0.390. The molecule has 0 aliphatic heterocycles. The number of nitrogen functional groups attached to an aromatic ring is 2. The highest BCUT2D eigenvalue weighted by atomic mass is 16.3.